The van der Waals surface area contributed by atoms with Crippen molar-refractivity contribution in [1.82, 2.24) is 9.78 Å². The summed E-state index contributed by atoms with van der Waals surface area (Å²) in [4.78, 5) is 24.4. The number of hydrogen-bond acceptors (Lipinski definition) is 4. The molecule has 0 radical (unpaired) electrons. The molecule has 7 heteroatoms. The van der Waals surface area contributed by atoms with Crippen LogP contribution >= 0.6 is 0 Å². The maximum absolute atomic E-state index is 15.0. The van der Waals surface area contributed by atoms with Gasteiger partial charge in [0.05, 0.1) is 11.3 Å². The number of anilines is 1. The van der Waals surface area contributed by atoms with Crippen molar-refractivity contribution in [3.05, 3.63) is 83.7 Å². The standard InChI is InChI=1S/C29H26FN3O3/c1-17-8-15-25(18(2)16-17)33-29(36-19(3)34)26(27(32-33)23-6-4-5-7-24(23)30)20-11-13-22(14-12-20)31-28(35)21-9-10-21/h4-8,11-16,21H,9-10H2,1-3H3,(H,31,35). The van der Waals surface area contributed by atoms with E-state index in [0.29, 0.717) is 28.2 Å². The molecule has 1 aliphatic carbocycles. The van der Waals surface area contributed by atoms with E-state index in [2.05, 4.69) is 5.32 Å². The molecule has 5 rings (SSSR count). The lowest BCUT2D eigenvalue weighted by molar-refractivity contribution is -0.132. The number of hydrogen-bond donors (Lipinski definition) is 1. The van der Waals surface area contributed by atoms with Crippen molar-refractivity contribution < 1.29 is 18.7 Å². The molecule has 1 fully saturated rings. The SMILES string of the molecule is CC(=O)Oc1c(-c2ccc(NC(=O)C3CC3)cc2)c(-c2ccccc2F)nn1-c1ccc(C)cc1C. The summed E-state index contributed by atoms with van der Waals surface area (Å²) < 4.78 is 22.3. The van der Waals surface area contributed by atoms with Gasteiger partial charge in [0.1, 0.15) is 11.5 Å². The number of aryl methyl sites for hydroxylation is 2. The van der Waals surface area contributed by atoms with E-state index in [4.69, 9.17) is 9.84 Å². The summed E-state index contributed by atoms with van der Waals surface area (Å²) in [5, 5.41) is 7.69. The number of halogens is 1. The molecule has 6 nitrogen and oxygen atoms in total. The average molecular weight is 484 g/mol. The van der Waals surface area contributed by atoms with Gasteiger partial charge in [-0.25, -0.2) is 4.39 Å². The van der Waals surface area contributed by atoms with Gasteiger partial charge in [0.25, 0.3) is 0 Å². The number of carbonyl (C=O) groups excluding carboxylic acids is 2. The zero-order valence-corrected chi connectivity index (χ0v) is 20.3. The third-order valence-electron chi connectivity index (χ3n) is 6.18. The molecule has 1 amide bonds. The molecule has 1 heterocycles. The van der Waals surface area contributed by atoms with Gasteiger partial charge in [0.2, 0.25) is 11.8 Å². The minimum absolute atomic E-state index is 0.0121. The largest absolute Gasteiger partial charge is 0.407 e. The van der Waals surface area contributed by atoms with Gasteiger partial charge in [-0.1, -0.05) is 42.0 Å². The highest BCUT2D eigenvalue weighted by Crippen LogP contribution is 2.42. The summed E-state index contributed by atoms with van der Waals surface area (Å²) in [5.74, 6) is -0.660. The molecule has 3 aromatic carbocycles. The van der Waals surface area contributed by atoms with Crippen molar-refractivity contribution in [3.63, 3.8) is 0 Å². The summed E-state index contributed by atoms with van der Waals surface area (Å²) in [7, 11) is 0. The third-order valence-corrected chi connectivity index (χ3v) is 6.18. The summed E-state index contributed by atoms with van der Waals surface area (Å²) in [6.07, 6.45) is 1.83. The molecule has 1 aliphatic rings. The van der Waals surface area contributed by atoms with Gasteiger partial charge in [-0.05, 0) is 68.1 Å². The summed E-state index contributed by atoms with van der Waals surface area (Å²) >= 11 is 0. The van der Waals surface area contributed by atoms with Crippen LogP contribution in [0.1, 0.15) is 30.9 Å². The molecule has 0 atom stereocenters. The Bertz CT molecular complexity index is 1470. The first-order valence-electron chi connectivity index (χ1n) is 11.9. The van der Waals surface area contributed by atoms with E-state index in [9.17, 15) is 14.0 Å². The van der Waals surface area contributed by atoms with Gasteiger partial charge in [0.15, 0.2) is 0 Å². The fourth-order valence-corrected chi connectivity index (χ4v) is 4.25. The fraction of sp³-hybridized carbons (Fsp3) is 0.207. The van der Waals surface area contributed by atoms with Crippen molar-refractivity contribution in [3.8, 4) is 34.0 Å². The lowest BCUT2D eigenvalue weighted by Gasteiger charge is -2.12. The highest BCUT2D eigenvalue weighted by Gasteiger charge is 2.30. The van der Waals surface area contributed by atoms with E-state index in [1.165, 1.54) is 13.0 Å². The van der Waals surface area contributed by atoms with E-state index in [1.54, 1.807) is 35.0 Å². The second kappa shape index (κ2) is 9.41. The van der Waals surface area contributed by atoms with Crippen LogP contribution in [0.2, 0.25) is 0 Å². The maximum Gasteiger partial charge on any atom is 0.309 e. The average Bonchev–Trinajstić information content (AvgIpc) is 3.63. The Balaban J connectivity index is 1.70. The first kappa shape index (κ1) is 23.5. The van der Waals surface area contributed by atoms with Crippen LogP contribution in [0, 0.1) is 25.6 Å². The number of aromatic nitrogens is 2. The van der Waals surface area contributed by atoms with Crippen molar-refractivity contribution in [1.29, 1.82) is 0 Å². The minimum Gasteiger partial charge on any atom is -0.407 e. The van der Waals surface area contributed by atoms with Gasteiger partial charge >= 0.3 is 5.97 Å². The number of esters is 1. The van der Waals surface area contributed by atoms with Gasteiger partial charge in [0, 0.05) is 24.1 Å². The second-order valence-corrected chi connectivity index (χ2v) is 9.14. The Hall–Kier alpha value is -4.26. The summed E-state index contributed by atoms with van der Waals surface area (Å²) in [6, 6.07) is 19.4. The molecule has 0 spiro atoms. The Labute approximate surface area is 208 Å². The predicted octanol–water partition coefficient (Wildman–Crippen LogP) is 6.24. The molecule has 0 saturated heterocycles. The molecule has 4 aromatic rings. The van der Waals surface area contributed by atoms with E-state index in [0.717, 1.165) is 24.0 Å². The van der Waals surface area contributed by atoms with E-state index in [1.807, 2.05) is 44.2 Å². The van der Waals surface area contributed by atoms with Crippen LogP contribution in [0.3, 0.4) is 0 Å². The minimum atomic E-state index is -0.518. The van der Waals surface area contributed by atoms with Crippen molar-refractivity contribution >= 4 is 17.6 Å². The molecular formula is C29H26FN3O3. The number of amides is 1. The highest BCUT2D eigenvalue weighted by molar-refractivity contribution is 5.94. The van der Waals surface area contributed by atoms with Crippen LogP contribution in [0.5, 0.6) is 5.88 Å². The van der Waals surface area contributed by atoms with Crippen molar-refractivity contribution in [2.75, 3.05) is 5.32 Å². The van der Waals surface area contributed by atoms with Gasteiger partial charge in [-0.3, -0.25) is 9.59 Å². The molecule has 0 aliphatic heterocycles. The Morgan fingerprint density at radius 2 is 1.75 bits per heavy atom. The molecule has 0 bridgehead atoms. The van der Waals surface area contributed by atoms with Crippen LogP contribution in [0.15, 0.2) is 66.7 Å². The van der Waals surface area contributed by atoms with Crippen molar-refractivity contribution in [2.45, 2.75) is 33.6 Å². The number of rotatable bonds is 6. The van der Waals surface area contributed by atoms with Crippen LogP contribution in [0.25, 0.3) is 28.1 Å². The number of benzene rings is 3. The Morgan fingerprint density at radius 1 is 1.03 bits per heavy atom. The van der Waals surface area contributed by atoms with Crippen LogP contribution in [-0.4, -0.2) is 21.7 Å². The topological polar surface area (TPSA) is 73.2 Å². The number of ether oxygens (including phenoxy) is 1. The van der Waals surface area contributed by atoms with Gasteiger partial charge in [-0.15, -0.1) is 0 Å². The van der Waals surface area contributed by atoms with Gasteiger partial charge in [-0.2, -0.15) is 9.78 Å². The van der Waals surface area contributed by atoms with E-state index < -0.39 is 11.8 Å². The number of carbonyl (C=O) groups is 2. The van der Waals surface area contributed by atoms with Gasteiger partial charge < -0.3 is 10.1 Å². The number of nitrogens with one attached hydrogen (secondary N) is 1. The Morgan fingerprint density at radius 3 is 2.39 bits per heavy atom. The molecule has 182 valence electrons. The monoisotopic (exact) mass is 483 g/mol. The molecule has 1 N–H and O–H groups in total. The zero-order valence-electron chi connectivity index (χ0n) is 20.3. The molecule has 1 aromatic heterocycles. The maximum atomic E-state index is 15.0. The normalized spacial score (nSPS) is 12.9. The molecule has 0 unspecified atom stereocenters. The molecule has 36 heavy (non-hydrogen) atoms. The quantitative estimate of drug-likeness (QED) is 0.330. The van der Waals surface area contributed by atoms with E-state index >= 15 is 0 Å². The summed E-state index contributed by atoms with van der Waals surface area (Å²) in [6.45, 7) is 5.26. The predicted molar refractivity (Wildman–Crippen MR) is 137 cm³/mol. The highest BCUT2D eigenvalue weighted by atomic mass is 19.1. The Kier molecular flexibility index (Phi) is 6.14. The van der Waals surface area contributed by atoms with Crippen LogP contribution in [0.4, 0.5) is 10.1 Å². The molecule has 1 saturated carbocycles. The van der Waals surface area contributed by atoms with E-state index in [-0.39, 0.29) is 23.3 Å². The number of nitrogens with zero attached hydrogens (tertiary/aromatic N) is 2. The first-order valence-corrected chi connectivity index (χ1v) is 11.9. The first-order chi connectivity index (χ1) is 17.3. The third kappa shape index (κ3) is 4.64. The van der Waals surface area contributed by atoms with Crippen molar-refractivity contribution in [2.24, 2.45) is 5.92 Å². The van der Waals surface area contributed by atoms with Crippen LogP contribution < -0.4 is 10.1 Å². The zero-order chi connectivity index (χ0) is 25.4. The lowest BCUT2D eigenvalue weighted by Crippen LogP contribution is -2.13. The second-order valence-electron chi connectivity index (χ2n) is 9.14. The smallest absolute Gasteiger partial charge is 0.309 e. The molecular weight excluding hydrogens is 457 g/mol. The summed E-state index contributed by atoms with van der Waals surface area (Å²) in [5.41, 5.74) is 5.18. The lowest BCUT2D eigenvalue weighted by atomic mass is 10.0. The van der Waals surface area contributed by atoms with Crippen LogP contribution in [-0.2, 0) is 9.59 Å². The fourth-order valence-electron chi connectivity index (χ4n) is 4.25.